The van der Waals surface area contributed by atoms with Gasteiger partial charge in [0.2, 0.25) is 0 Å². The van der Waals surface area contributed by atoms with Crippen molar-refractivity contribution < 1.29 is 42.1 Å². The van der Waals surface area contributed by atoms with Crippen molar-refractivity contribution in [2.75, 3.05) is 0 Å². The molecule has 0 N–H and O–H groups in total. The number of hydrogen-bond donors (Lipinski definition) is 0. The van der Waals surface area contributed by atoms with Crippen LogP contribution in [0.15, 0.2) is 20.6 Å². The second-order valence-electron chi connectivity index (χ2n) is 12.8. The van der Waals surface area contributed by atoms with E-state index in [2.05, 4.69) is 13.8 Å². The zero-order valence-electron chi connectivity index (χ0n) is 24.2. The molecule has 1 atom stereocenters. The normalized spacial score (nSPS) is 25.8. The topological polar surface area (TPSA) is 78.9 Å². The van der Waals surface area contributed by atoms with Gasteiger partial charge in [-0.1, -0.05) is 0 Å². The van der Waals surface area contributed by atoms with Crippen molar-refractivity contribution in [2.24, 2.45) is 23.7 Å². The van der Waals surface area contributed by atoms with Crippen LogP contribution in [0.1, 0.15) is 136 Å². The molecular formula is C32H48O6Ti. The van der Waals surface area contributed by atoms with Gasteiger partial charge in [-0.2, -0.15) is 0 Å². The molecule has 39 heavy (non-hydrogen) atoms. The number of hydrogen-bond acceptors (Lipinski definition) is 6. The predicted molar refractivity (Wildman–Crippen MR) is 145 cm³/mol. The molecule has 0 amide bonds. The molecule has 0 aliphatic heterocycles. The maximum atomic E-state index is 13.8. The van der Waals surface area contributed by atoms with E-state index < -0.39 is 17.8 Å². The summed E-state index contributed by atoms with van der Waals surface area (Å²) in [7, 11) is 0. The number of carbonyl (C=O) groups excluding carboxylic acids is 3. The van der Waals surface area contributed by atoms with Crippen LogP contribution in [0.5, 0.6) is 0 Å². The molecule has 5 rings (SSSR count). The van der Waals surface area contributed by atoms with E-state index in [4.69, 9.17) is 9.96 Å². The van der Waals surface area contributed by atoms with Gasteiger partial charge in [-0.3, -0.25) is 0 Å². The molecule has 0 saturated heterocycles. The van der Waals surface area contributed by atoms with Crippen LogP contribution in [-0.4, -0.2) is 17.9 Å². The maximum absolute atomic E-state index is 13.8. The Morgan fingerprint density at radius 3 is 1.36 bits per heavy atom. The third kappa shape index (κ3) is 6.42. The van der Waals surface area contributed by atoms with Crippen molar-refractivity contribution in [3.05, 3.63) is 20.6 Å². The molecule has 0 aromatic carbocycles. The Bertz CT molecular complexity index is 915. The molecule has 3 fully saturated rings. The minimum atomic E-state index is -4.96. The van der Waals surface area contributed by atoms with E-state index in [1.807, 2.05) is 0 Å². The Labute approximate surface area is 239 Å². The molecule has 0 aromatic heterocycles. The Kier molecular flexibility index (Phi) is 9.75. The first-order valence-electron chi connectivity index (χ1n) is 16.0. The summed E-state index contributed by atoms with van der Waals surface area (Å²) < 4.78 is 20.4. The first-order chi connectivity index (χ1) is 18.9. The SMILES string of the molecule is CC1=[C]([Ti]([O]C(=O)C2CCCCC2)([O]C(=O)C2CCCCC2)[O]C(=O)C2CCCCC2)C(C)C2=C1CCCC2. The van der Waals surface area contributed by atoms with Crippen LogP contribution in [0.4, 0.5) is 0 Å². The summed E-state index contributed by atoms with van der Waals surface area (Å²) in [6.45, 7) is 4.22. The van der Waals surface area contributed by atoms with Crippen molar-refractivity contribution in [1.82, 2.24) is 0 Å². The van der Waals surface area contributed by atoms with Gasteiger partial charge in [0.15, 0.2) is 0 Å². The van der Waals surface area contributed by atoms with Gasteiger partial charge in [-0.15, -0.1) is 0 Å². The number of carbonyl (C=O) groups is 3. The molecule has 216 valence electrons. The Hall–Kier alpha value is -1.40. The fourth-order valence-corrected chi connectivity index (χ4v) is 12.7. The van der Waals surface area contributed by atoms with Gasteiger partial charge in [0, 0.05) is 0 Å². The van der Waals surface area contributed by atoms with Crippen LogP contribution in [0.25, 0.3) is 0 Å². The monoisotopic (exact) mass is 576 g/mol. The summed E-state index contributed by atoms with van der Waals surface area (Å²) in [6.07, 6.45) is 18.3. The van der Waals surface area contributed by atoms with Crippen molar-refractivity contribution in [3.63, 3.8) is 0 Å². The van der Waals surface area contributed by atoms with Gasteiger partial charge in [-0.05, 0) is 0 Å². The molecule has 6 nitrogen and oxygen atoms in total. The Morgan fingerprint density at radius 1 is 0.590 bits per heavy atom. The zero-order valence-corrected chi connectivity index (χ0v) is 25.8. The van der Waals surface area contributed by atoms with Crippen molar-refractivity contribution in [2.45, 2.75) is 136 Å². The first kappa shape index (κ1) is 29.1. The van der Waals surface area contributed by atoms with E-state index in [9.17, 15) is 14.4 Å². The average molecular weight is 577 g/mol. The van der Waals surface area contributed by atoms with Crippen molar-refractivity contribution in [3.8, 4) is 0 Å². The van der Waals surface area contributed by atoms with Crippen molar-refractivity contribution >= 4 is 17.9 Å². The summed E-state index contributed by atoms with van der Waals surface area (Å²) >= 11 is -4.96. The quantitative estimate of drug-likeness (QED) is 0.285. The summed E-state index contributed by atoms with van der Waals surface area (Å²) in [5.41, 5.74) is 3.73. The van der Waals surface area contributed by atoms with Gasteiger partial charge in [0.05, 0.1) is 0 Å². The van der Waals surface area contributed by atoms with Gasteiger partial charge in [-0.25, -0.2) is 0 Å². The van der Waals surface area contributed by atoms with Crippen LogP contribution >= 0.6 is 0 Å². The third-order valence-electron chi connectivity index (χ3n) is 10.2. The molecule has 5 aliphatic carbocycles. The van der Waals surface area contributed by atoms with Gasteiger partial charge in [0.1, 0.15) is 0 Å². The molecule has 5 aliphatic rings. The van der Waals surface area contributed by atoms with Crippen LogP contribution in [0.3, 0.4) is 0 Å². The zero-order chi connectivity index (χ0) is 27.4. The summed E-state index contributed by atoms with van der Waals surface area (Å²) in [5.74, 6) is -1.64. The number of rotatable bonds is 7. The standard InChI is InChI=1S/C11H15.3C7H12O2.Ti/c1-8-7-9(2)11-6-4-3-5-10(8)11;3*8-7(9)6-4-2-1-3-5-6;/h8H,3-6H2,1-2H3;3*6H,1-5H2,(H,8,9);/q;;;;+3/p-3. The van der Waals surface area contributed by atoms with Crippen LogP contribution < -0.4 is 0 Å². The van der Waals surface area contributed by atoms with Gasteiger partial charge < -0.3 is 0 Å². The van der Waals surface area contributed by atoms with E-state index in [0.29, 0.717) is 0 Å². The fourth-order valence-electron chi connectivity index (χ4n) is 7.88. The molecule has 0 radical (unpaired) electrons. The fraction of sp³-hybridized carbons (Fsp3) is 0.781. The molecule has 0 heterocycles. The molecule has 1 unspecified atom stereocenters. The predicted octanol–water partition coefficient (Wildman–Crippen LogP) is 8.05. The van der Waals surface area contributed by atoms with Crippen LogP contribution in [0, 0.1) is 23.7 Å². The van der Waals surface area contributed by atoms with Crippen molar-refractivity contribution in [1.29, 1.82) is 0 Å². The molecule has 0 spiro atoms. The van der Waals surface area contributed by atoms with E-state index in [1.54, 1.807) is 0 Å². The summed E-state index contributed by atoms with van der Waals surface area (Å²) in [4.78, 5) is 41.5. The summed E-state index contributed by atoms with van der Waals surface area (Å²) in [6, 6.07) is 0. The van der Waals surface area contributed by atoms with Gasteiger partial charge in [0.25, 0.3) is 0 Å². The minimum absolute atomic E-state index is 0.0298. The molecule has 0 aromatic rings. The summed E-state index contributed by atoms with van der Waals surface area (Å²) in [5, 5.41) is 0. The van der Waals surface area contributed by atoms with E-state index in [-0.39, 0.29) is 41.6 Å². The molecule has 7 heteroatoms. The van der Waals surface area contributed by atoms with Crippen LogP contribution in [-0.2, 0) is 42.1 Å². The first-order valence-corrected chi connectivity index (χ1v) is 18.7. The second-order valence-corrected chi connectivity index (χ2v) is 16.3. The average Bonchev–Trinajstić information content (AvgIpc) is 3.24. The Balaban J connectivity index is 1.54. The van der Waals surface area contributed by atoms with E-state index >= 15 is 0 Å². The van der Waals surface area contributed by atoms with Crippen LogP contribution in [0.2, 0.25) is 0 Å². The Morgan fingerprint density at radius 2 is 0.974 bits per heavy atom. The third-order valence-corrected chi connectivity index (χ3v) is 14.7. The van der Waals surface area contributed by atoms with E-state index in [1.165, 1.54) is 11.1 Å². The molecule has 3 saturated carbocycles. The number of allylic oxidation sites excluding steroid dienone is 4. The second kappa shape index (κ2) is 13.1. The van der Waals surface area contributed by atoms with Gasteiger partial charge >= 0.3 is 240 Å². The van der Waals surface area contributed by atoms with E-state index in [0.717, 1.165) is 131 Å². The molecule has 0 bridgehead atoms. The molecular weight excluding hydrogens is 528 g/mol.